The van der Waals surface area contributed by atoms with Crippen molar-refractivity contribution in [2.45, 2.75) is 33.2 Å². The second kappa shape index (κ2) is 7.02. The van der Waals surface area contributed by atoms with Gasteiger partial charge in [-0.2, -0.15) is 0 Å². The molecule has 0 fully saturated rings. The fourth-order valence-corrected chi connectivity index (χ4v) is 3.52. The van der Waals surface area contributed by atoms with Gasteiger partial charge in [0, 0.05) is 13.8 Å². The first-order chi connectivity index (χ1) is 7.85. The maximum absolute atomic E-state index is 11.2. The van der Waals surface area contributed by atoms with E-state index in [1.54, 1.807) is 6.92 Å². The first kappa shape index (κ1) is 15.6. The van der Waals surface area contributed by atoms with Gasteiger partial charge in [0.2, 0.25) is 0 Å². The molecule has 0 amide bonds. The van der Waals surface area contributed by atoms with Crippen LogP contribution in [0, 0.1) is 0 Å². The lowest BCUT2D eigenvalue weighted by Crippen LogP contribution is -2.50. The van der Waals surface area contributed by atoms with E-state index in [-0.39, 0.29) is 12.6 Å². The molecule has 17 heavy (non-hydrogen) atoms. The van der Waals surface area contributed by atoms with Crippen LogP contribution in [-0.2, 0) is 27.7 Å². The van der Waals surface area contributed by atoms with Gasteiger partial charge in [-0.1, -0.05) is 6.92 Å². The summed E-state index contributed by atoms with van der Waals surface area (Å²) >= 11 is 0. The zero-order valence-corrected chi connectivity index (χ0v) is 11.1. The van der Waals surface area contributed by atoms with Gasteiger partial charge < -0.3 is 19.0 Å². The van der Waals surface area contributed by atoms with E-state index in [4.69, 9.17) is 19.0 Å². The monoisotopic (exact) mass is 263 g/mol. The van der Waals surface area contributed by atoms with Crippen LogP contribution in [0.15, 0.2) is 0 Å². The van der Waals surface area contributed by atoms with Crippen LogP contribution in [0.3, 0.4) is 0 Å². The number of hydrogen-bond acceptors (Lipinski definition) is 7. The van der Waals surface area contributed by atoms with Crippen LogP contribution in [0.25, 0.3) is 0 Å². The van der Waals surface area contributed by atoms with E-state index in [0.717, 1.165) is 13.8 Å². The third-order valence-corrected chi connectivity index (χ3v) is 4.44. The molecule has 0 rings (SSSR count). The summed E-state index contributed by atoms with van der Waals surface area (Å²) in [5.74, 6) is -2.11. The summed E-state index contributed by atoms with van der Waals surface area (Å²) in [6.07, 6.45) is 0.532. The minimum absolute atomic E-state index is 0.178. The number of nitrogens with two attached hydrogens (primary N) is 1. The predicted molar refractivity (Wildman–Crippen MR) is 59.5 cm³/mol. The lowest BCUT2D eigenvalue weighted by Gasteiger charge is -2.26. The maximum Gasteiger partial charge on any atom is 0.705 e. The Balaban J connectivity index is 4.99. The first-order valence-corrected chi connectivity index (χ1v) is 7.09. The van der Waals surface area contributed by atoms with Crippen LogP contribution in [0.4, 0.5) is 0 Å². The Bertz CT molecular complexity index is 290. The molecular formula is C9H17NO6Si. The van der Waals surface area contributed by atoms with Crippen molar-refractivity contribution in [3.05, 3.63) is 0 Å². The largest absolute Gasteiger partial charge is 0.705 e. The summed E-state index contributed by atoms with van der Waals surface area (Å²) in [5, 5.41) is 0. The van der Waals surface area contributed by atoms with Crippen LogP contribution in [0.2, 0.25) is 6.04 Å². The van der Waals surface area contributed by atoms with Gasteiger partial charge in [-0.05, 0) is 6.42 Å². The fourth-order valence-electron chi connectivity index (χ4n) is 1.17. The Morgan fingerprint density at radius 2 is 1.53 bits per heavy atom. The molecule has 0 saturated heterocycles. The highest BCUT2D eigenvalue weighted by Crippen LogP contribution is 2.18. The molecule has 0 aliphatic heterocycles. The third-order valence-electron chi connectivity index (χ3n) is 1.59. The highest BCUT2D eigenvalue weighted by Gasteiger charge is 2.51. The van der Waals surface area contributed by atoms with Gasteiger partial charge >= 0.3 is 14.8 Å². The molecule has 7 nitrogen and oxygen atoms in total. The van der Waals surface area contributed by atoms with Crippen molar-refractivity contribution < 1.29 is 27.7 Å². The van der Waals surface area contributed by atoms with Crippen molar-refractivity contribution in [2.24, 2.45) is 5.73 Å². The van der Waals surface area contributed by atoms with E-state index in [2.05, 4.69) is 0 Å². The topological polar surface area (TPSA) is 105 Å². The van der Waals surface area contributed by atoms with Crippen LogP contribution in [0.1, 0.15) is 27.2 Å². The van der Waals surface area contributed by atoms with Gasteiger partial charge in [0.05, 0.1) is 12.6 Å². The summed E-state index contributed by atoms with van der Waals surface area (Å²) in [6, 6.07) is 0.178. The average Bonchev–Trinajstić information content (AvgIpc) is 2.15. The molecule has 0 unspecified atom stereocenters. The molecule has 0 aromatic heterocycles. The second-order valence-corrected chi connectivity index (χ2v) is 5.78. The average molecular weight is 263 g/mol. The number of rotatable bonds is 6. The molecule has 0 saturated carbocycles. The summed E-state index contributed by atoms with van der Waals surface area (Å²) in [6.45, 7) is 3.71. The smallest absolute Gasteiger partial charge is 0.455 e. The molecule has 0 aromatic rings. The van der Waals surface area contributed by atoms with Crippen LogP contribution < -0.4 is 5.73 Å². The van der Waals surface area contributed by atoms with E-state index < -0.39 is 26.7 Å². The minimum Gasteiger partial charge on any atom is -0.455 e. The Hall–Kier alpha value is -1.41. The number of carbonyl (C=O) groups is 3. The molecule has 2 N–H and O–H groups in total. The van der Waals surface area contributed by atoms with Crippen LogP contribution in [0.5, 0.6) is 0 Å². The predicted octanol–water partition coefficient (Wildman–Crippen LogP) is -0.0366. The molecule has 0 radical (unpaired) electrons. The highest BCUT2D eigenvalue weighted by molar-refractivity contribution is 6.65. The maximum atomic E-state index is 11.2. The van der Waals surface area contributed by atoms with Gasteiger partial charge in [-0.15, -0.1) is 0 Å². The van der Waals surface area contributed by atoms with Crippen molar-refractivity contribution in [3.63, 3.8) is 0 Å². The quantitative estimate of drug-likeness (QED) is 0.670. The minimum atomic E-state index is -3.63. The summed E-state index contributed by atoms with van der Waals surface area (Å²) in [5.41, 5.74) is 5.10. The normalized spacial score (nSPS) is 10.6. The molecule has 0 bridgehead atoms. The van der Waals surface area contributed by atoms with Crippen LogP contribution in [-0.4, -0.2) is 33.3 Å². The van der Waals surface area contributed by atoms with Crippen molar-refractivity contribution in [1.29, 1.82) is 0 Å². The standard InChI is InChI=1S/C9H17NO6Si/c1-4-5-17(14-7(2)11,15-8(3)12)16-9(13)6-10/h4-6,10H2,1-3H3. The SMILES string of the molecule is CCC[Si](OC(C)=O)(OC(C)=O)OC(=O)CN. The molecule has 0 aromatic carbocycles. The van der Waals surface area contributed by atoms with Crippen molar-refractivity contribution >= 4 is 26.7 Å². The lowest BCUT2D eigenvalue weighted by atomic mass is 10.6. The van der Waals surface area contributed by atoms with E-state index in [9.17, 15) is 14.4 Å². The Kier molecular flexibility index (Phi) is 6.44. The Labute approximate surface area is 101 Å². The van der Waals surface area contributed by atoms with Crippen LogP contribution >= 0.6 is 0 Å². The molecule has 8 heteroatoms. The molecular weight excluding hydrogens is 246 g/mol. The molecule has 0 aliphatic rings. The number of carbonyl (C=O) groups excluding carboxylic acids is 3. The number of hydrogen-bond donors (Lipinski definition) is 1. The van der Waals surface area contributed by atoms with Gasteiger partial charge in [0.1, 0.15) is 0 Å². The summed E-state index contributed by atoms with van der Waals surface area (Å²) < 4.78 is 14.8. The summed E-state index contributed by atoms with van der Waals surface area (Å²) in [4.78, 5) is 33.1. The van der Waals surface area contributed by atoms with Gasteiger partial charge in [-0.3, -0.25) is 14.4 Å². The zero-order valence-electron chi connectivity index (χ0n) is 10.1. The second-order valence-electron chi connectivity index (χ2n) is 3.30. The summed E-state index contributed by atoms with van der Waals surface area (Å²) in [7, 11) is -3.63. The van der Waals surface area contributed by atoms with Gasteiger partial charge in [-0.25, -0.2) is 0 Å². The van der Waals surface area contributed by atoms with E-state index >= 15 is 0 Å². The molecule has 0 aliphatic carbocycles. The molecule has 0 spiro atoms. The van der Waals surface area contributed by atoms with E-state index in [0.29, 0.717) is 6.42 Å². The Morgan fingerprint density at radius 1 is 1.06 bits per heavy atom. The van der Waals surface area contributed by atoms with E-state index in [1.807, 2.05) is 0 Å². The van der Waals surface area contributed by atoms with Crippen molar-refractivity contribution in [2.75, 3.05) is 6.54 Å². The Morgan fingerprint density at radius 3 is 1.82 bits per heavy atom. The molecule has 0 heterocycles. The van der Waals surface area contributed by atoms with Crippen molar-refractivity contribution in [3.8, 4) is 0 Å². The lowest BCUT2D eigenvalue weighted by molar-refractivity contribution is -0.148. The van der Waals surface area contributed by atoms with Crippen molar-refractivity contribution in [1.82, 2.24) is 0 Å². The van der Waals surface area contributed by atoms with Gasteiger partial charge in [0.25, 0.3) is 11.9 Å². The first-order valence-electron chi connectivity index (χ1n) is 5.16. The molecule has 98 valence electrons. The third kappa shape index (κ3) is 6.02. The highest BCUT2D eigenvalue weighted by atomic mass is 28.4. The van der Waals surface area contributed by atoms with Gasteiger partial charge in [0.15, 0.2) is 0 Å². The van der Waals surface area contributed by atoms with E-state index in [1.165, 1.54) is 0 Å². The zero-order chi connectivity index (χ0) is 13.5. The fraction of sp³-hybridized carbons (Fsp3) is 0.667. The molecule has 0 atom stereocenters.